The number of hydrogen-bond donors (Lipinski definition) is 1. The van der Waals surface area contributed by atoms with Gasteiger partial charge in [-0.2, -0.15) is 0 Å². The number of amides is 1. The summed E-state index contributed by atoms with van der Waals surface area (Å²) < 4.78 is 5.79. The number of hydrogen-bond acceptors (Lipinski definition) is 3. The molecule has 3 aromatic rings. The molecular weight excluding hydrogens is 347 g/mol. The molecule has 0 atom stereocenters. The second-order valence-corrected chi connectivity index (χ2v) is 6.83. The molecule has 0 radical (unpaired) electrons. The Hall–Kier alpha value is -2.04. The first-order valence-electron chi connectivity index (χ1n) is 7.76. The van der Waals surface area contributed by atoms with Crippen LogP contribution in [0.5, 0.6) is 0 Å². The van der Waals surface area contributed by atoms with Crippen molar-refractivity contribution in [2.45, 2.75) is 25.3 Å². The van der Waals surface area contributed by atoms with Gasteiger partial charge >= 0.3 is 0 Å². The minimum absolute atomic E-state index is 0.0784. The van der Waals surface area contributed by atoms with Gasteiger partial charge in [-0.15, -0.1) is 0 Å². The molecule has 1 amide bonds. The monoisotopic (exact) mass is 360 g/mol. The molecular formula is C18H14Cl2N2O2. The smallest absolute Gasteiger partial charge is 0.251 e. The minimum atomic E-state index is -0.0784. The van der Waals surface area contributed by atoms with Crippen LogP contribution in [-0.4, -0.2) is 16.9 Å². The van der Waals surface area contributed by atoms with E-state index in [2.05, 4.69) is 10.3 Å². The van der Waals surface area contributed by atoms with Crippen molar-refractivity contribution in [1.29, 1.82) is 0 Å². The van der Waals surface area contributed by atoms with Crippen LogP contribution < -0.4 is 5.32 Å². The third-order valence-corrected chi connectivity index (χ3v) is 4.64. The summed E-state index contributed by atoms with van der Waals surface area (Å²) >= 11 is 12.1. The van der Waals surface area contributed by atoms with Gasteiger partial charge in [0.25, 0.3) is 5.91 Å². The summed E-state index contributed by atoms with van der Waals surface area (Å²) in [5, 5.41) is 4.04. The van der Waals surface area contributed by atoms with Crippen molar-refractivity contribution in [2.75, 3.05) is 0 Å². The lowest BCUT2D eigenvalue weighted by atomic mass is 9.93. The van der Waals surface area contributed by atoms with Gasteiger partial charge in [-0.1, -0.05) is 23.2 Å². The van der Waals surface area contributed by atoms with Gasteiger partial charge in [0.1, 0.15) is 5.52 Å². The second kappa shape index (κ2) is 6.11. The maximum Gasteiger partial charge on any atom is 0.251 e. The predicted octanol–water partition coefficient (Wildman–Crippen LogP) is 5.08. The normalized spacial score (nSPS) is 14.6. The number of oxazole rings is 1. The van der Waals surface area contributed by atoms with Crippen LogP contribution in [0.15, 0.2) is 40.8 Å². The van der Waals surface area contributed by atoms with Crippen LogP contribution in [0, 0.1) is 0 Å². The molecule has 4 rings (SSSR count). The van der Waals surface area contributed by atoms with Gasteiger partial charge in [0.15, 0.2) is 5.58 Å². The summed E-state index contributed by atoms with van der Waals surface area (Å²) in [6.45, 7) is 0. The molecule has 0 aliphatic heterocycles. The van der Waals surface area contributed by atoms with E-state index < -0.39 is 0 Å². The van der Waals surface area contributed by atoms with Crippen LogP contribution in [0.1, 0.15) is 29.6 Å². The maximum absolute atomic E-state index is 12.2. The Morgan fingerprint density at radius 2 is 1.88 bits per heavy atom. The SMILES string of the molecule is O=C(NC1CCC1)c1ccc2nc(-c3cc(Cl)cc(Cl)c3)oc2c1. The van der Waals surface area contributed by atoms with Gasteiger partial charge in [-0.05, 0) is 55.7 Å². The Morgan fingerprint density at radius 3 is 2.54 bits per heavy atom. The molecule has 1 saturated carbocycles. The van der Waals surface area contributed by atoms with Crippen LogP contribution in [0.2, 0.25) is 10.0 Å². The van der Waals surface area contributed by atoms with Crippen molar-refractivity contribution in [3.63, 3.8) is 0 Å². The number of benzene rings is 2. The molecule has 1 fully saturated rings. The van der Waals surface area contributed by atoms with E-state index in [0.717, 1.165) is 12.8 Å². The summed E-state index contributed by atoms with van der Waals surface area (Å²) in [5.74, 6) is 0.344. The Kier molecular flexibility index (Phi) is 3.94. The molecule has 1 aromatic heterocycles. The van der Waals surface area contributed by atoms with Crippen molar-refractivity contribution in [1.82, 2.24) is 10.3 Å². The fraction of sp³-hybridized carbons (Fsp3) is 0.222. The van der Waals surface area contributed by atoms with E-state index in [1.165, 1.54) is 6.42 Å². The number of nitrogens with one attached hydrogen (secondary N) is 1. The zero-order valence-electron chi connectivity index (χ0n) is 12.7. The molecule has 1 aliphatic rings. The van der Waals surface area contributed by atoms with Crippen LogP contribution >= 0.6 is 23.2 Å². The van der Waals surface area contributed by atoms with Crippen LogP contribution in [0.3, 0.4) is 0 Å². The average molecular weight is 361 g/mol. The highest BCUT2D eigenvalue weighted by atomic mass is 35.5. The summed E-state index contributed by atoms with van der Waals surface area (Å²) in [7, 11) is 0. The lowest BCUT2D eigenvalue weighted by Crippen LogP contribution is -2.39. The quantitative estimate of drug-likeness (QED) is 0.708. The van der Waals surface area contributed by atoms with E-state index in [9.17, 15) is 4.79 Å². The van der Waals surface area contributed by atoms with E-state index in [1.54, 1.807) is 36.4 Å². The fourth-order valence-electron chi connectivity index (χ4n) is 2.69. The van der Waals surface area contributed by atoms with E-state index >= 15 is 0 Å². The molecule has 4 nitrogen and oxygen atoms in total. The molecule has 0 saturated heterocycles. The third-order valence-electron chi connectivity index (χ3n) is 4.20. The summed E-state index contributed by atoms with van der Waals surface area (Å²) in [5.41, 5.74) is 2.51. The number of aromatic nitrogens is 1. The first-order chi connectivity index (χ1) is 11.6. The average Bonchev–Trinajstić information content (AvgIpc) is 2.92. The molecule has 0 unspecified atom stereocenters. The van der Waals surface area contributed by atoms with E-state index in [0.29, 0.717) is 44.2 Å². The maximum atomic E-state index is 12.2. The number of nitrogens with zero attached hydrogens (tertiary/aromatic N) is 1. The van der Waals surface area contributed by atoms with Crippen molar-refractivity contribution in [3.05, 3.63) is 52.0 Å². The first-order valence-corrected chi connectivity index (χ1v) is 8.52. The lowest BCUT2D eigenvalue weighted by molar-refractivity contribution is 0.0917. The summed E-state index contributed by atoms with van der Waals surface area (Å²) in [6.07, 6.45) is 3.28. The predicted molar refractivity (Wildman–Crippen MR) is 94.6 cm³/mol. The molecule has 122 valence electrons. The standard InChI is InChI=1S/C18H14Cl2N2O2/c19-12-6-11(7-13(20)9-12)18-22-15-5-4-10(8-16(15)24-18)17(23)21-14-2-1-3-14/h4-9,14H,1-3H2,(H,21,23). The highest BCUT2D eigenvalue weighted by molar-refractivity contribution is 6.35. The van der Waals surface area contributed by atoms with E-state index in [-0.39, 0.29) is 5.91 Å². The van der Waals surface area contributed by atoms with Crippen molar-refractivity contribution in [3.8, 4) is 11.5 Å². The largest absolute Gasteiger partial charge is 0.436 e. The number of carbonyl (C=O) groups excluding carboxylic acids is 1. The number of rotatable bonds is 3. The van der Waals surface area contributed by atoms with Crippen molar-refractivity contribution in [2.24, 2.45) is 0 Å². The molecule has 24 heavy (non-hydrogen) atoms. The Bertz CT molecular complexity index is 912. The molecule has 0 spiro atoms. The first kappa shape index (κ1) is 15.5. The van der Waals surface area contributed by atoms with E-state index in [1.807, 2.05) is 0 Å². The van der Waals surface area contributed by atoms with Gasteiger partial charge in [0.05, 0.1) is 0 Å². The summed E-state index contributed by atoms with van der Waals surface area (Å²) in [6, 6.07) is 10.7. The number of halogens is 2. The van der Waals surface area contributed by atoms with Gasteiger partial charge in [0, 0.05) is 27.2 Å². The zero-order chi connectivity index (χ0) is 16.7. The van der Waals surface area contributed by atoms with Gasteiger partial charge < -0.3 is 9.73 Å². The molecule has 1 heterocycles. The third kappa shape index (κ3) is 2.99. The van der Waals surface area contributed by atoms with Crippen molar-refractivity contribution >= 4 is 40.2 Å². The van der Waals surface area contributed by atoms with Crippen molar-refractivity contribution < 1.29 is 9.21 Å². The summed E-state index contributed by atoms with van der Waals surface area (Å²) in [4.78, 5) is 16.7. The molecule has 2 aromatic carbocycles. The van der Waals surface area contributed by atoms with Crippen LogP contribution in [0.4, 0.5) is 0 Å². The van der Waals surface area contributed by atoms with Crippen LogP contribution in [0.25, 0.3) is 22.6 Å². The zero-order valence-corrected chi connectivity index (χ0v) is 14.2. The molecule has 0 bridgehead atoms. The fourth-order valence-corrected chi connectivity index (χ4v) is 3.21. The lowest BCUT2D eigenvalue weighted by Gasteiger charge is -2.26. The number of fused-ring (bicyclic) bond motifs is 1. The topological polar surface area (TPSA) is 55.1 Å². The molecule has 6 heteroatoms. The van der Waals surface area contributed by atoms with Gasteiger partial charge in [-0.3, -0.25) is 4.79 Å². The highest BCUT2D eigenvalue weighted by Gasteiger charge is 2.20. The van der Waals surface area contributed by atoms with E-state index in [4.69, 9.17) is 27.6 Å². The van der Waals surface area contributed by atoms with Gasteiger partial charge in [0.2, 0.25) is 5.89 Å². The number of carbonyl (C=O) groups is 1. The molecule has 1 aliphatic carbocycles. The second-order valence-electron chi connectivity index (χ2n) is 5.96. The Labute approximate surface area is 148 Å². The van der Waals surface area contributed by atoms with Gasteiger partial charge in [-0.25, -0.2) is 4.98 Å². The Morgan fingerprint density at radius 1 is 1.12 bits per heavy atom. The Balaban J connectivity index is 1.66. The molecule has 1 N–H and O–H groups in total. The minimum Gasteiger partial charge on any atom is -0.436 e. The highest BCUT2D eigenvalue weighted by Crippen LogP contribution is 2.29. The van der Waals surface area contributed by atoms with Crippen LogP contribution in [-0.2, 0) is 0 Å².